The summed E-state index contributed by atoms with van der Waals surface area (Å²) in [5.74, 6) is -0.822. The largest absolute Gasteiger partial charge is 0.481 e. The summed E-state index contributed by atoms with van der Waals surface area (Å²) in [6, 6.07) is 4.63. The molecular weight excluding hydrogens is 387 g/mol. The van der Waals surface area contributed by atoms with Crippen molar-refractivity contribution in [2.45, 2.75) is 32.2 Å². The maximum Gasteiger partial charge on any atom is 0.311 e. The van der Waals surface area contributed by atoms with E-state index < -0.39 is 17.4 Å². The molecular formula is C17H21Cl3N2O3. The molecule has 1 amide bonds. The number of hydrogen-bond acceptors (Lipinski definition) is 3. The maximum absolute atomic E-state index is 12.6. The molecule has 5 nitrogen and oxygen atoms in total. The fraction of sp³-hybridized carbons (Fsp3) is 0.529. The lowest BCUT2D eigenvalue weighted by Crippen LogP contribution is -2.43. The Balaban J connectivity index is 0.00000225. The van der Waals surface area contributed by atoms with Gasteiger partial charge in [-0.1, -0.05) is 35.7 Å². The number of hydrogen-bond donors (Lipinski definition) is 2. The second-order valence-corrected chi connectivity index (χ2v) is 7.53. The van der Waals surface area contributed by atoms with Crippen LogP contribution < -0.4 is 5.32 Å². The predicted octanol–water partition coefficient (Wildman–Crippen LogP) is 3.93. The normalized spacial score (nSPS) is 26.6. The highest BCUT2D eigenvalue weighted by molar-refractivity contribution is 6.44. The lowest BCUT2D eigenvalue weighted by Gasteiger charge is -2.26. The van der Waals surface area contributed by atoms with Crippen molar-refractivity contribution < 1.29 is 14.7 Å². The molecule has 2 aliphatic rings. The number of amides is 1. The smallest absolute Gasteiger partial charge is 0.311 e. The molecule has 8 heteroatoms. The number of carboxylic acids is 1. The second kappa shape index (κ2) is 7.70. The van der Waals surface area contributed by atoms with E-state index in [4.69, 9.17) is 23.2 Å². The van der Waals surface area contributed by atoms with Crippen molar-refractivity contribution in [1.29, 1.82) is 0 Å². The van der Waals surface area contributed by atoms with E-state index in [0.717, 1.165) is 12.8 Å². The summed E-state index contributed by atoms with van der Waals surface area (Å²) >= 11 is 12.1. The number of halogens is 3. The first-order valence-electron chi connectivity index (χ1n) is 8.07. The maximum atomic E-state index is 12.6. The van der Waals surface area contributed by atoms with Gasteiger partial charge in [-0.3, -0.25) is 14.5 Å². The van der Waals surface area contributed by atoms with Crippen molar-refractivity contribution in [3.05, 3.63) is 28.2 Å². The van der Waals surface area contributed by atoms with E-state index in [2.05, 4.69) is 5.32 Å². The SMILES string of the molecule is CC(C(=O)Nc1cccc(Cl)c1Cl)N1C[C@@H]2CCC[C@@]2(C(=O)O)C1.Cl. The van der Waals surface area contributed by atoms with Crippen LogP contribution in [0.2, 0.25) is 10.0 Å². The van der Waals surface area contributed by atoms with Gasteiger partial charge in [0.1, 0.15) is 0 Å². The highest BCUT2D eigenvalue weighted by Gasteiger charge is 2.55. The van der Waals surface area contributed by atoms with E-state index in [-0.39, 0.29) is 24.2 Å². The van der Waals surface area contributed by atoms with Crippen LogP contribution in [0.25, 0.3) is 0 Å². The van der Waals surface area contributed by atoms with E-state index in [0.29, 0.717) is 35.2 Å². The van der Waals surface area contributed by atoms with Crippen molar-refractivity contribution in [1.82, 2.24) is 4.90 Å². The lowest BCUT2D eigenvalue weighted by atomic mass is 9.81. The van der Waals surface area contributed by atoms with Crippen LogP contribution in [0.15, 0.2) is 18.2 Å². The molecule has 3 rings (SSSR count). The lowest BCUT2D eigenvalue weighted by molar-refractivity contribution is -0.149. The topological polar surface area (TPSA) is 69.6 Å². The van der Waals surface area contributed by atoms with E-state index in [1.54, 1.807) is 25.1 Å². The second-order valence-electron chi connectivity index (χ2n) is 6.75. The van der Waals surface area contributed by atoms with Crippen molar-refractivity contribution in [2.24, 2.45) is 11.3 Å². The molecule has 1 aliphatic heterocycles. The Hall–Kier alpha value is -1.01. The Kier molecular flexibility index (Phi) is 6.26. The van der Waals surface area contributed by atoms with Gasteiger partial charge in [0.15, 0.2) is 0 Å². The molecule has 1 aromatic rings. The highest BCUT2D eigenvalue weighted by atomic mass is 35.5. The summed E-state index contributed by atoms with van der Waals surface area (Å²) in [6.07, 6.45) is 2.55. The van der Waals surface area contributed by atoms with Gasteiger partial charge in [0.25, 0.3) is 0 Å². The van der Waals surface area contributed by atoms with Gasteiger partial charge in [0, 0.05) is 13.1 Å². The van der Waals surface area contributed by atoms with Crippen LogP contribution in [0.4, 0.5) is 5.69 Å². The Morgan fingerprint density at radius 3 is 2.76 bits per heavy atom. The molecule has 3 atom stereocenters. The number of fused-ring (bicyclic) bond motifs is 1. The van der Waals surface area contributed by atoms with Crippen LogP contribution in [0, 0.1) is 11.3 Å². The molecule has 1 aliphatic carbocycles. The van der Waals surface area contributed by atoms with E-state index in [1.165, 1.54) is 0 Å². The standard InChI is InChI=1S/C17H20Cl2N2O3.ClH/c1-10(15(22)20-13-6-2-5-12(18)14(13)19)21-8-11-4-3-7-17(11,9-21)16(23)24;/h2,5-6,10-11H,3-4,7-9H2,1H3,(H,20,22)(H,23,24);1H/t10?,11-,17+;/m0./s1. The minimum Gasteiger partial charge on any atom is -0.481 e. The number of anilines is 1. The zero-order valence-electron chi connectivity index (χ0n) is 13.8. The number of carbonyl (C=O) groups is 2. The van der Waals surface area contributed by atoms with Crippen LogP contribution in [0.3, 0.4) is 0 Å². The number of likely N-dealkylation sites (tertiary alicyclic amines) is 1. The molecule has 0 aromatic heterocycles. The molecule has 1 aromatic carbocycles. The molecule has 1 saturated carbocycles. The number of rotatable bonds is 4. The van der Waals surface area contributed by atoms with Crippen LogP contribution in [0.5, 0.6) is 0 Å². The highest BCUT2D eigenvalue weighted by Crippen LogP contribution is 2.49. The van der Waals surface area contributed by atoms with Gasteiger partial charge in [0.2, 0.25) is 5.91 Å². The van der Waals surface area contributed by atoms with E-state index >= 15 is 0 Å². The van der Waals surface area contributed by atoms with Gasteiger partial charge in [-0.2, -0.15) is 0 Å². The number of carbonyl (C=O) groups excluding carboxylic acids is 1. The number of benzene rings is 1. The molecule has 138 valence electrons. The first kappa shape index (κ1) is 20.3. The van der Waals surface area contributed by atoms with Crippen LogP contribution in [-0.4, -0.2) is 41.0 Å². The zero-order valence-corrected chi connectivity index (χ0v) is 16.1. The number of nitrogens with zero attached hydrogens (tertiary/aromatic N) is 1. The molecule has 25 heavy (non-hydrogen) atoms. The van der Waals surface area contributed by atoms with Gasteiger partial charge in [-0.15, -0.1) is 12.4 Å². The molecule has 2 fully saturated rings. The summed E-state index contributed by atoms with van der Waals surface area (Å²) in [4.78, 5) is 26.3. The summed E-state index contributed by atoms with van der Waals surface area (Å²) in [5, 5.41) is 13.1. The fourth-order valence-electron chi connectivity index (χ4n) is 3.98. The van der Waals surface area contributed by atoms with Crippen LogP contribution in [-0.2, 0) is 9.59 Å². The molecule has 0 bridgehead atoms. The first-order chi connectivity index (χ1) is 11.3. The summed E-state index contributed by atoms with van der Waals surface area (Å²) in [5.41, 5.74) is -0.226. The minimum atomic E-state index is -0.738. The third-order valence-corrected chi connectivity index (χ3v) is 6.28. The Morgan fingerprint density at radius 1 is 1.40 bits per heavy atom. The molecule has 1 heterocycles. The van der Waals surface area contributed by atoms with Crippen molar-refractivity contribution >= 4 is 53.2 Å². The summed E-state index contributed by atoms with van der Waals surface area (Å²) in [7, 11) is 0. The van der Waals surface area contributed by atoms with Crippen LogP contribution in [0.1, 0.15) is 26.2 Å². The van der Waals surface area contributed by atoms with Gasteiger partial charge in [-0.05, 0) is 37.8 Å². The Morgan fingerprint density at radius 2 is 2.12 bits per heavy atom. The average Bonchev–Trinajstić information content (AvgIpc) is 3.09. The van der Waals surface area contributed by atoms with Gasteiger partial charge in [0.05, 0.1) is 27.2 Å². The van der Waals surface area contributed by atoms with Crippen LogP contribution >= 0.6 is 35.6 Å². The quantitative estimate of drug-likeness (QED) is 0.793. The van der Waals surface area contributed by atoms with Crippen molar-refractivity contribution in [2.75, 3.05) is 18.4 Å². The monoisotopic (exact) mass is 406 g/mol. The molecule has 0 radical (unpaired) electrons. The Labute approximate surface area is 163 Å². The van der Waals surface area contributed by atoms with Gasteiger partial charge in [-0.25, -0.2) is 0 Å². The van der Waals surface area contributed by atoms with Gasteiger partial charge >= 0.3 is 5.97 Å². The third kappa shape index (κ3) is 3.61. The van der Waals surface area contributed by atoms with Gasteiger partial charge < -0.3 is 10.4 Å². The van der Waals surface area contributed by atoms with E-state index in [1.807, 2.05) is 4.90 Å². The number of nitrogens with one attached hydrogen (secondary N) is 1. The fourth-order valence-corrected chi connectivity index (χ4v) is 4.32. The number of carboxylic acid groups (broad SMARTS) is 1. The summed E-state index contributed by atoms with van der Waals surface area (Å²) < 4.78 is 0. The first-order valence-corrected chi connectivity index (χ1v) is 8.83. The minimum absolute atomic E-state index is 0. The average molecular weight is 408 g/mol. The summed E-state index contributed by atoms with van der Waals surface area (Å²) in [6.45, 7) is 2.86. The van der Waals surface area contributed by atoms with E-state index in [9.17, 15) is 14.7 Å². The molecule has 0 spiro atoms. The molecule has 1 unspecified atom stereocenters. The molecule has 2 N–H and O–H groups in total. The predicted molar refractivity (Wildman–Crippen MR) is 101 cm³/mol. The zero-order chi connectivity index (χ0) is 17.5. The number of aliphatic carboxylic acids is 1. The molecule has 1 saturated heterocycles. The van der Waals surface area contributed by atoms with Crippen molar-refractivity contribution in [3.63, 3.8) is 0 Å². The van der Waals surface area contributed by atoms with Crippen molar-refractivity contribution in [3.8, 4) is 0 Å². The Bertz CT molecular complexity index is 685. The third-order valence-electron chi connectivity index (χ3n) is 5.46.